The molecule has 2 aromatic heterocycles. The van der Waals surface area contributed by atoms with Crippen molar-refractivity contribution in [2.24, 2.45) is 11.8 Å². The summed E-state index contributed by atoms with van der Waals surface area (Å²) >= 11 is 0. The minimum Gasteiger partial charge on any atom is -0.481 e. The molecule has 0 aromatic carbocycles. The van der Waals surface area contributed by atoms with Gasteiger partial charge in [-0.1, -0.05) is 12.1 Å². The number of carboxylic acid groups (broad SMARTS) is 2. The Labute approximate surface area is 142 Å². The minimum atomic E-state index is -1.55. The second-order valence-corrected chi connectivity index (χ2v) is 5.67. The molecule has 8 nitrogen and oxygen atoms in total. The molecule has 0 saturated carbocycles. The highest BCUT2D eigenvalue weighted by molar-refractivity contribution is 6.09. The smallest absolute Gasteiger partial charge is 0.316 e. The van der Waals surface area contributed by atoms with E-state index in [9.17, 15) is 24.6 Å². The Hall–Kier alpha value is -3.13. The fourth-order valence-corrected chi connectivity index (χ4v) is 3.07. The van der Waals surface area contributed by atoms with Crippen molar-refractivity contribution in [3.8, 4) is 0 Å². The Bertz CT molecular complexity index is 731. The summed E-state index contributed by atoms with van der Waals surface area (Å²) < 4.78 is 0. The van der Waals surface area contributed by atoms with Gasteiger partial charge in [-0.25, -0.2) is 0 Å². The van der Waals surface area contributed by atoms with Crippen molar-refractivity contribution in [1.29, 1.82) is 0 Å². The summed E-state index contributed by atoms with van der Waals surface area (Å²) in [5.41, 5.74) is 0.709. The molecule has 0 radical (unpaired) electrons. The minimum absolute atomic E-state index is 0.355. The SMILES string of the molecule is O=C(O)C1C(=O)C(C(=O)O)C(c2ccccn2)NC1c1ccccn1. The summed E-state index contributed by atoms with van der Waals surface area (Å²) in [5, 5.41) is 22.0. The topological polar surface area (TPSA) is 129 Å². The van der Waals surface area contributed by atoms with E-state index in [1.54, 1.807) is 36.4 Å². The lowest BCUT2D eigenvalue weighted by atomic mass is 9.76. The van der Waals surface area contributed by atoms with Gasteiger partial charge in [0.2, 0.25) is 0 Å². The molecule has 3 heterocycles. The predicted molar refractivity (Wildman–Crippen MR) is 84.4 cm³/mol. The number of hydrogen-bond acceptors (Lipinski definition) is 6. The Kier molecular flexibility index (Phi) is 4.53. The summed E-state index contributed by atoms with van der Waals surface area (Å²) in [6.07, 6.45) is 2.97. The number of carboxylic acids is 2. The zero-order chi connectivity index (χ0) is 18.0. The molecule has 3 N–H and O–H groups in total. The van der Waals surface area contributed by atoms with Crippen LogP contribution in [0.25, 0.3) is 0 Å². The van der Waals surface area contributed by atoms with E-state index in [4.69, 9.17) is 0 Å². The van der Waals surface area contributed by atoms with E-state index >= 15 is 0 Å². The van der Waals surface area contributed by atoms with Crippen LogP contribution in [0, 0.1) is 11.8 Å². The zero-order valence-electron chi connectivity index (χ0n) is 12.9. The molecule has 4 unspecified atom stereocenters. The van der Waals surface area contributed by atoms with Gasteiger partial charge in [-0.15, -0.1) is 0 Å². The summed E-state index contributed by atoms with van der Waals surface area (Å²) in [4.78, 5) is 44.3. The third-order valence-electron chi connectivity index (χ3n) is 4.18. The fraction of sp³-hybridized carbons (Fsp3) is 0.235. The maximum atomic E-state index is 12.7. The van der Waals surface area contributed by atoms with Gasteiger partial charge in [0.1, 0.15) is 11.8 Å². The molecule has 2 aromatic rings. The van der Waals surface area contributed by atoms with E-state index in [0.717, 1.165) is 0 Å². The molecule has 1 fully saturated rings. The molecule has 0 bridgehead atoms. The summed E-state index contributed by atoms with van der Waals surface area (Å²) in [6.45, 7) is 0. The monoisotopic (exact) mass is 341 g/mol. The number of aromatic nitrogens is 2. The van der Waals surface area contributed by atoms with Gasteiger partial charge in [0, 0.05) is 12.4 Å². The molecule has 1 aliphatic rings. The summed E-state index contributed by atoms with van der Waals surface area (Å²) in [7, 11) is 0. The van der Waals surface area contributed by atoms with E-state index in [1.165, 1.54) is 12.4 Å². The quantitative estimate of drug-likeness (QED) is 0.697. The van der Waals surface area contributed by atoms with Gasteiger partial charge < -0.3 is 10.2 Å². The number of carbonyl (C=O) groups is 3. The van der Waals surface area contributed by atoms with Crippen molar-refractivity contribution in [2.45, 2.75) is 12.1 Å². The highest BCUT2D eigenvalue weighted by Crippen LogP contribution is 2.37. The van der Waals surface area contributed by atoms with Crippen LogP contribution in [0.3, 0.4) is 0 Å². The summed E-state index contributed by atoms with van der Waals surface area (Å²) in [5.74, 6) is -6.74. The third kappa shape index (κ3) is 3.11. The number of nitrogens with one attached hydrogen (secondary N) is 1. The van der Waals surface area contributed by atoms with Gasteiger partial charge in [0.25, 0.3) is 0 Å². The largest absolute Gasteiger partial charge is 0.481 e. The van der Waals surface area contributed by atoms with Crippen molar-refractivity contribution >= 4 is 17.7 Å². The fourth-order valence-electron chi connectivity index (χ4n) is 3.07. The second-order valence-electron chi connectivity index (χ2n) is 5.67. The Morgan fingerprint density at radius 3 is 1.60 bits per heavy atom. The van der Waals surface area contributed by atoms with E-state index < -0.39 is 41.6 Å². The highest BCUT2D eigenvalue weighted by atomic mass is 16.4. The number of piperidine rings is 1. The Morgan fingerprint density at radius 1 is 0.840 bits per heavy atom. The van der Waals surface area contributed by atoms with Gasteiger partial charge in [0.15, 0.2) is 5.78 Å². The lowest BCUT2D eigenvalue weighted by Crippen LogP contribution is -2.53. The normalized spacial score (nSPS) is 26.2. The van der Waals surface area contributed by atoms with Crippen LogP contribution in [0.1, 0.15) is 23.5 Å². The van der Waals surface area contributed by atoms with Gasteiger partial charge in [-0.05, 0) is 24.3 Å². The van der Waals surface area contributed by atoms with Gasteiger partial charge in [-0.3, -0.25) is 29.7 Å². The molecule has 4 atom stereocenters. The van der Waals surface area contributed by atoms with E-state index in [2.05, 4.69) is 15.3 Å². The standard InChI is InChI=1S/C17H15N3O5/c21-15-11(16(22)23)13(9-5-1-3-7-18-9)20-14(12(15)17(24)25)10-6-2-4-8-19-10/h1-8,11-14,20H,(H,22,23)(H,24,25). The van der Waals surface area contributed by atoms with Crippen LogP contribution in [-0.2, 0) is 14.4 Å². The van der Waals surface area contributed by atoms with Crippen molar-refractivity contribution in [2.75, 3.05) is 0 Å². The molecular weight excluding hydrogens is 326 g/mol. The lowest BCUT2D eigenvalue weighted by molar-refractivity contribution is -0.158. The molecule has 0 aliphatic carbocycles. The number of Topliss-reactive ketones (excluding diaryl/α,β-unsaturated/α-hetero) is 1. The Morgan fingerprint density at radius 2 is 1.28 bits per heavy atom. The molecule has 8 heteroatoms. The van der Waals surface area contributed by atoms with Gasteiger partial charge in [-0.2, -0.15) is 0 Å². The van der Waals surface area contributed by atoms with Crippen LogP contribution < -0.4 is 5.32 Å². The van der Waals surface area contributed by atoms with Crippen LogP contribution in [0.15, 0.2) is 48.8 Å². The zero-order valence-corrected chi connectivity index (χ0v) is 12.9. The van der Waals surface area contributed by atoms with Crippen LogP contribution in [0.2, 0.25) is 0 Å². The van der Waals surface area contributed by atoms with Crippen LogP contribution in [0.4, 0.5) is 0 Å². The van der Waals surface area contributed by atoms with Crippen molar-refractivity contribution in [3.63, 3.8) is 0 Å². The van der Waals surface area contributed by atoms with E-state index in [-0.39, 0.29) is 0 Å². The third-order valence-corrected chi connectivity index (χ3v) is 4.18. The Balaban J connectivity index is 2.09. The second kappa shape index (κ2) is 6.78. The van der Waals surface area contributed by atoms with Crippen molar-refractivity contribution in [1.82, 2.24) is 15.3 Å². The first-order chi connectivity index (χ1) is 12.0. The molecule has 1 saturated heterocycles. The molecule has 25 heavy (non-hydrogen) atoms. The number of rotatable bonds is 4. The molecule has 1 aliphatic heterocycles. The number of ketones is 1. The highest BCUT2D eigenvalue weighted by Gasteiger charge is 2.51. The molecule has 0 amide bonds. The predicted octanol–water partition coefficient (Wildman–Crippen LogP) is 0.833. The maximum absolute atomic E-state index is 12.7. The van der Waals surface area contributed by atoms with Gasteiger partial charge in [0.05, 0.1) is 23.5 Å². The first-order valence-electron chi connectivity index (χ1n) is 7.58. The van der Waals surface area contributed by atoms with E-state index in [1.807, 2.05) is 0 Å². The average molecular weight is 341 g/mol. The van der Waals surface area contributed by atoms with Gasteiger partial charge >= 0.3 is 11.9 Å². The van der Waals surface area contributed by atoms with E-state index in [0.29, 0.717) is 11.4 Å². The summed E-state index contributed by atoms with van der Waals surface area (Å²) in [6, 6.07) is 7.97. The first-order valence-corrected chi connectivity index (χ1v) is 7.58. The maximum Gasteiger partial charge on any atom is 0.316 e. The van der Waals surface area contributed by atoms with Crippen LogP contribution in [-0.4, -0.2) is 37.9 Å². The van der Waals surface area contributed by atoms with Crippen molar-refractivity contribution < 1.29 is 24.6 Å². The van der Waals surface area contributed by atoms with Crippen molar-refractivity contribution in [3.05, 3.63) is 60.2 Å². The molecular formula is C17H15N3O5. The lowest BCUT2D eigenvalue weighted by Gasteiger charge is -2.37. The number of aliphatic carboxylic acids is 2. The number of carbonyl (C=O) groups excluding carboxylic acids is 1. The van der Waals surface area contributed by atoms with Crippen LogP contribution in [0.5, 0.6) is 0 Å². The van der Waals surface area contributed by atoms with Crippen LogP contribution >= 0.6 is 0 Å². The molecule has 3 rings (SSSR count). The molecule has 0 spiro atoms. The first kappa shape index (κ1) is 16.7. The number of pyridine rings is 2. The number of nitrogens with zero attached hydrogens (tertiary/aromatic N) is 2. The average Bonchev–Trinajstić information content (AvgIpc) is 2.61. The molecule has 128 valence electrons. The number of hydrogen-bond donors (Lipinski definition) is 3.